The highest BCUT2D eigenvalue weighted by Gasteiger charge is 2.36. The van der Waals surface area contributed by atoms with Crippen molar-refractivity contribution < 1.29 is 18.0 Å². The lowest BCUT2D eigenvalue weighted by Gasteiger charge is -2.10. The summed E-state index contributed by atoms with van der Waals surface area (Å²) in [5.74, 6) is -0.675. The van der Waals surface area contributed by atoms with Crippen molar-refractivity contribution in [2.75, 3.05) is 6.54 Å². The maximum Gasteiger partial charge on any atom is 0.433 e. The third-order valence-electron chi connectivity index (χ3n) is 4.94. The first-order chi connectivity index (χ1) is 15.6. The van der Waals surface area contributed by atoms with E-state index >= 15 is 0 Å². The Hall–Kier alpha value is -2.44. The first-order valence-corrected chi connectivity index (χ1v) is 11.8. The topological polar surface area (TPSA) is 77.1 Å². The third-order valence-corrected chi connectivity index (χ3v) is 7.33. The fourth-order valence-electron chi connectivity index (χ4n) is 3.30. The van der Waals surface area contributed by atoms with Gasteiger partial charge in [-0.25, -0.2) is 9.50 Å². The minimum absolute atomic E-state index is 0.106. The Morgan fingerprint density at radius 1 is 1.30 bits per heavy atom. The van der Waals surface area contributed by atoms with Gasteiger partial charge in [-0.15, -0.1) is 11.3 Å². The van der Waals surface area contributed by atoms with Crippen molar-refractivity contribution in [3.05, 3.63) is 55.9 Å². The Morgan fingerprint density at radius 2 is 2.06 bits per heavy atom. The van der Waals surface area contributed by atoms with Gasteiger partial charge in [0.1, 0.15) is 5.02 Å². The molecule has 0 aromatic carbocycles. The van der Waals surface area contributed by atoms with Gasteiger partial charge in [-0.05, 0) is 53.7 Å². The number of aromatic nitrogens is 5. The third kappa shape index (κ3) is 4.64. The van der Waals surface area contributed by atoms with E-state index in [1.54, 1.807) is 17.5 Å². The van der Waals surface area contributed by atoms with Gasteiger partial charge in [0.15, 0.2) is 17.0 Å². The van der Waals surface area contributed by atoms with Crippen molar-refractivity contribution in [2.24, 2.45) is 0 Å². The van der Waals surface area contributed by atoms with Gasteiger partial charge in [0.25, 0.3) is 5.91 Å². The molecule has 4 rings (SSSR count). The molecule has 0 saturated heterocycles. The zero-order chi connectivity index (χ0) is 23.9. The second-order valence-corrected chi connectivity index (χ2v) is 9.34. The van der Waals surface area contributed by atoms with Crippen molar-refractivity contribution >= 4 is 50.4 Å². The minimum Gasteiger partial charge on any atom is -0.351 e. The van der Waals surface area contributed by atoms with E-state index in [1.165, 1.54) is 11.3 Å². The van der Waals surface area contributed by atoms with Gasteiger partial charge in [0.05, 0.1) is 20.7 Å². The van der Waals surface area contributed by atoms with E-state index in [1.807, 2.05) is 18.5 Å². The number of amides is 1. The Morgan fingerprint density at radius 3 is 2.67 bits per heavy atom. The number of carbonyl (C=O) groups excluding carboxylic acids is 1. The molecule has 0 unspecified atom stereocenters. The molecule has 0 aliphatic rings. The predicted octanol–water partition coefficient (Wildman–Crippen LogP) is 5.53. The molecule has 0 saturated carbocycles. The number of rotatable bonds is 6. The van der Waals surface area contributed by atoms with Gasteiger partial charge in [0, 0.05) is 18.8 Å². The van der Waals surface area contributed by atoms with E-state index in [2.05, 4.69) is 36.4 Å². The molecular formula is C20H17BrClF3N6OS. The number of halogens is 5. The Labute approximate surface area is 203 Å². The van der Waals surface area contributed by atoms with Gasteiger partial charge in [0.2, 0.25) is 0 Å². The quantitative estimate of drug-likeness (QED) is 0.314. The molecule has 0 radical (unpaired) electrons. The van der Waals surface area contributed by atoms with Crippen LogP contribution in [-0.4, -0.2) is 36.8 Å². The largest absolute Gasteiger partial charge is 0.433 e. The van der Waals surface area contributed by atoms with Crippen LogP contribution in [-0.2, 0) is 12.7 Å². The molecule has 0 aliphatic carbocycles. The van der Waals surface area contributed by atoms with Crippen molar-refractivity contribution in [1.82, 2.24) is 29.7 Å². The smallest absolute Gasteiger partial charge is 0.351 e. The molecule has 4 heterocycles. The summed E-state index contributed by atoms with van der Waals surface area (Å²) in [7, 11) is 0. The summed E-state index contributed by atoms with van der Waals surface area (Å²) >= 11 is 11.0. The number of nitrogens with one attached hydrogen (secondary N) is 1. The first kappa shape index (κ1) is 23.7. The van der Waals surface area contributed by atoms with Gasteiger partial charge >= 0.3 is 6.18 Å². The van der Waals surface area contributed by atoms with Crippen molar-refractivity contribution in [3.8, 4) is 10.6 Å². The lowest BCUT2D eigenvalue weighted by atomic mass is 10.2. The number of carbonyl (C=O) groups is 1. The van der Waals surface area contributed by atoms with Crippen molar-refractivity contribution in [2.45, 2.75) is 33.0 Å². The maximum absolute atomic E-state index is 13.7. The van der Waals surface area contributed by atoms with Crippen LogP contribution in [0, 0.1) is 13.8 Å². The predicted molar refractivity (Wildman–Crippen MR) is 123 cm³/mol. The highest BCUT2D eigenvalue weighted by atomic mass is 79.9. The fraction of sp³-hybridized carbons (Fsp3) is 0.300. The summed E-state index contributed by atoms with van der Waals surface area (Å²) in [6, 6.07) is 4.26. The van der Waals surface area contributed by atoms with Crippen LogP contribution in [0.4, 0.5) is 13.2 Å². The molecule has 0 bridgehead atoms. The summed E-state index contributed by atoms with van der Waals surface area (Å²) in [4.78, 5) is 17.4. The highest BCUT2D eigenvalue weighted by Crippen LogP contribution is 2.35. The average Bonchev–Trinajstić information content (AvgIpc) is 3.46. The Balaban J connectivity index is 1.56. The monoisotopic (exact) mass is 560 g/mol. The molecule has 0 spiro atoms. The second kappa shape index (κ2) is 9.07. The number of nitrogens with zero attached hydrogens (tertiary/aromatic N) is 5. The van der Waals surface area contributed by atoms with E-state index < -0.39 is 17.8 Å². The van der Waals surface area contributed by atoms with E-state index in [0.717, 1.165) is 21.9 Å². The summed E-state index contributed by atoms with van der Waals surface area (Å²) in [6.07, 6.45) is -4.16. The van der Waals surface area contributed by atoms with Crippen LogP contribution in [0.5, 0.6) is 0 Å². The zero-order valence-corrected chi connectivity index (χ0v) is 20.5. The number of hydrogen-bond donors (Lipinski definition) is 1. The fourth-order valence-corrected chi connectivity index (χ4v) is 4.51. The molecule has 174 valence electrons. The van der Waals surface area contributed by atoms with Crippen LogP contribution < -0.4 is 5.32 Å². The first-order valence-electron chi connectivity index (χ1n) is 9.76. The van der Waals surface area contributed by atoms with E-state index in [-0.39, 0.29) is 28.6 Å². The maximum atomic E-state index is 13.7. The molecule has 1 amide bonds. The zero-order valence-electron chi connectivity index (χ0n) is 17.4. The van der Waals surface area contributed by atoms with Gasteiger partial charge in [-0.2, -0.15) is 23.4 Å². The normalized spacial score (nSPS) is 12.0. The minimum atomic E-state index is -4.72. The van der Waals surface area contributed by atoms with E-state index in [0.29, 0.717) is 22.4 Å². The summed E-state index contributed by atoms with van der Waals surface area (Å²) < 4.78 is 44.5. The number of aryl methyl sites for hydroxylation is 2. The van der Waals surface area contributed by atoms with Crippen molar-refractivity contribution in [1.29, 1.82) is 0 Å². The molecule has 7 nitrogen and oxygen atoms in total. The SMILES string of the molecule is Cc1nn(CCCNC(=O)c2nn3c(C(F)(F)F)cc(-c4cccs4)nc3c2Cl)c(C)c1Br. The highest BCUT2D eigenvalue weighted by molar-refractivity contribution is 9.10. The lowest BCUT2D eigenvalue weighted by molar-refractivity contribution is -0.142. The van der Waals surface area contributed by atoms with Crippen LogP contribution in [0.2, 0.25) is 5.02 Å². The number of alkyl halides is 3. The lowest BCUT2D eigenvalue weighted by Crippen LogP contribution is -2.26. The van der Waals surface area contributed by atoms with Crippen LogP contribution >= 0.6 is 38.9 Å². The van der Waals surface area contributed by atoms with E-state index in [9.17, 15) is 18.0 Å². The van der Waals surface area contributed by atoms with E-state index in [4.69, 9.17) is 11.6 Å². The number of thiophene rings is 1. The number of fused-ring (bicyclic) bond motifs is 1. The molecule has 4 aromatic heterocycles. The molecule has 1 N–H and O–H groups in total. The van der Waals surface area contributed by atoms with Gasteiger partial charge in [-0.1, -0.05) is 17.7 Å². The molecule has 0 fully saturated rings. The number of hydrogen-bond acceptors (Lipinski definition) is 5. The Bertz CT molecular complexity index is 1330. The molecular weight excluding hydrogens is 545 g/mol. The van der Waals surface area contributed by atoms with Gasteiger partial charge in [-0.3, -0.25) is 9.48 Å². The summed E-state index contributed by atoms with van der Waals surface area (Å²) in [5, 5.41) is 12.4. The second-order valence-electron chi connectivity index (χ2n) is 7.22. The molecule has 33 heavy (non-hydrogen) atoms. The Kier molecular flexibility index (Phi) is 6.52. The summed E-state index contributed by atoms with van der Waals surface area (Å²) in [5.41, 5.74) is 0.332. The van der Waals surface area contributed by atoms with Crippen LogP contribution in [0.25, 0.3) is 16.2 Å². The van der Waals surface area contributed by atoms with Gasteiger partial charge < -0.3 is 5.32 Å². The average molecular weight is 562 g/mol. The van der Waals surface area contributed by atoms with Crippen LogP contribution in [0.15, 0.2) is 28.1 Å². The standard InChI is InChI=1S/C20H17BrClF3N6OS/c1-10-15(21)11(2)30(28-10)7-4-6-26-19(32)17-16(22)18-27-12(13-5-3-8-33-13)9-14(20(23,24)25)31(18)29-17/h3,5,8-9H,4,6-7H2,1-2H3,(H,26,32). The van der Waals surface area contributed by atoms with Crippen LogP contribution in [0.3, 0.4) is 0 Å². The molecule has 13 heteroatoms. The van der Waals surface area contributed by atoms with Crippen LogP contribution in [0.1, 0.15) is 34.0 Å². The summed E-state index contributed by atoms with van der Waals surface area (Å²) in [6.45, 7) is 4.63. The molecule has 4 aromatic rings. The molecule has 0 aliphatic heterocycles. The van der Waals surface area contributed by atoms with Crippen molar-refractivity contribution in [3.63, 3.8) is 0 Å². The molecule has 0 atom stereocenters.